The van der Waals surface area contributed by atoms with Gasteiger partial charge in [0.15, 0.2) is 0 Å². The van der Waals surface area contributed by atoms with E-state index in [0.717, 1.165) is 88.4 Å². The van der Waals surface area contributed by atoms with Gasteiger partial charge in [-0.2, -0.15) is 10.5 Å². The SMILES string of the molecule is N#Cc1ccc2oc3cc(-c4ccc5c(c4)oc4c(-c6cc(-c7ccccc7)c(C#N)c(-c7ccccc7)c6)cccc45)ccc3c2c1. The third-order valence-corrected chi connectivity index (χ3v) is 9.16. The summed E-state index contributed by atoms with van der Waals surface area (Å²) >= 11 is 0. The predicted molar refractivity (Wildman–Crippen MR) is 192 cm³/mol. The first-order valence-corrected chi connectivity index (χ1v) is 15.7. The van der Waals surface area contributed by atoms with Gasteiger partial charge in [0.25, 0.3) is 0 Å². The van der Waals surface area contributed by atoms with Crippen LogP contribution in [0.25, 0.3) is 88.4 Å². The van der Waals surface area contributed by atoms with Crippen LogP contribution in [-0.2, 0) is 0 Å². The highest BCUT2D eigenvalue weighted by Crippen LogP contribution is 2.42. The van der Waals surface area contributed by atoms with E-state index in [1.54, 1.807) is 6.07 Å². The molecule has 0 atom stereocenters. The van der Waals surface area contributed by atoms with Crippen molar-refractivity contribution in [3.8, 4) is 56.6 Å². The average molecular weight is 613 g/mol. The Labute approximate surface area is 275 Å². The standard InChI is InChI=1S/C44H24N2O2/c45-25-27-14-19-41-39(20-27)35-18-16-30(23-42(35)47-41)31-15-17-34-36-13-7-12-33(44(36)48-43(34)24-31)32-21-37(28-8-3-1-4-9-28)40(26-46)38(22-32)29-10-5-2-6-11-29/h1-24H. The first-order chi connectivity index (χ1) is 23.7. The van der Waals surface area contributed by atoms with Crippen LogP contribution in [0.4, 0.5) is 0 Å². The van der Waals surface area contributed by atoms with Gasteiger partial charge in [-0.05, 0) is 82.4 Å². The summed E-state index contributed by atoms with van der Waals surface area (Å²) in [6.07, 6.45) is 0. The maximum Gasteiger partial charge on any atom is 0.143 e. The van der Waals surface area contributed by atoms with E-state index >= 15 is 0 Å². The zero-order valence-electron chi connectivity index (χ0n) is 25.6. The minimum atomic E-state index is 0.609. The first kappa shape index (κ1) is 27.4. The Morgan fingerprint density at radius 1 is 0.375 bits per heavy atom. The van der Waals surface area contributed by atoms with E-state index in [9.17, 15) is 10.5 Å². The Hall–Kier alpha value is -6.88. The van der Waals surface area contributed by atoms with Crippen LogP contribution >= 0.6 is 0 Å². The van der Waals surface area contributed by atoms with Gasteiger partial charge in [0.2, 0.25) is 0 Å². The number of rotatable bonds is 4. The van der Waals surface area contributed by atoms with E-state index in [-0.39, 0.29) is 0 Å². The Morgan fingerprint density at radius 3 is 1.62 bits per heavy atom. The van der Waals surface area contributed by atoms with Gasteiger partial charge in [0.1, 0.15) is 28.4 Å². The quantitative estimate of drug-likeness (QED) is 0.198. The van der Waals surface area contributed by atoms with Gasteiger partial charge in [0, 0.05) is 38.2 Å². The molecule has 4 nitrogen and oxygen atoms in total. The van der Waals surface area contributed by atoms with Crippen molar-refractivity contribution in [3.63, 3.8) is 0 Å². The minimum Gasteiger partial charge on any atom is -0.456 e. The third-order valence-electron chi connectivity index (χ3n) is 9.16. The van der Waals surface area contributed by atoms with Crippen LogP contribution in [0, 0.1) is 22.7 Å². The fourth-order valence-electron chi connectivity index (χ4n) is 6.84. The van der Waals surface area contributed by atoms with Crippen molar-refractivity contribution in [2.45, 2.75) is 0 Å². The van der Waals surface area contributed by atoms with Gasteiger partial charge < -0.3 is 8.83 Å². The molecule has 0 aliphatic heterocycles. The molecule has 0 fully saturated rings. The normalized spacial score (nSPS) is 11.3. The van der Waals surface area contributed by atoms with Gasteiger partial charge in [-0.1, -0.05) is 91.0 Å². The monoisotopic (exact) mass is 612 g/mol. The number of fused-ring (bicyclic) bond motifs is 6. The van der Waals surface area contributed by atoms with E-state index in [2.05, 4.69) is 72.8 Å². The zero-order valence-corrected chi connectivity index (χ0v) is 25.6. The summed E-state index contributed by atoms with van der Waals surface area (Å²) in [7, 11) is 0. The summed E-state index contributed by atoms with van der Waals surface area (Å²) in [5.74, 6) is 0. The van der Waals surface area contributed by atoms with Crippen LogP contribution in [0.15, 0.2) is 154 Å². The average Bonchev–Trinajstić information content (AvgIpc) is 3.72. The molecule has 0 spiro atoms. The Morgan fingerprint density at radius 2 is 1.00 bits per heavy atom. The van der Waals surface area contributed by atoms with Gasteiger partial charge in [-0.15, -0.1) is 0 Å². The van der Waals surface area contributed by atoms with E-state index in [0.29, 0.717) is 11.1 Å². The lowest BCUT2D eigenvalue weighted by Crippen LogP contribution is -1.93. The molecule has 0 N–H and O–H groups in total. The van der Waals surface area contributed by atoms with Gasteiger partial charge in [-0.3, -0.25) is 0 Å². The molecule has 0 saturated carbocycles. The number of hydrogen-bond acceptors (Lipinski definition) is 4. The smallest absolute Gasteiger partial charge is 0.143 e. The van der Waals surface area contributed by atoms with Crippen molar-refractivity contribution < 1.29 is 8.83 Å². The summed E-state index contributed by atoms with van der Waals surface area (Å²) in [4.78, 5) is 0. The van der Waals surface area contributed by atoms with Gasteiger partial charge in [-0.25, -0.2) is 0 Å². The molecule has 0 radical (unpaired) electrons. The number of para-hydroxylation sites is 1. The van der Waals surface area contributed by atoms with Crippen LogP contribution in [0.1, 0.15) is 11.1 Å². The summed E-state index contributed by atoms with van der Waals surface area (Å²) in [6, 6.07) is 53.3. The lowest BCUT2D eigenvalue weighted by atomic mass is 9.88. The fraction of sp³-hybridized carbons (Fsp3) is 0. The van der Waals surface area contributed by atoms with Gasteiger partial charge >= 0.3 is 0 Å². The molecule has 0 aliphatic rings. The molecule has 0 bridgehead atoms. The number of furan rings is 2. The molecule has 2 heterocycles. The predicted octanol–water partition coefficient (Wildman–Crippen LogP) is 11.9. The van der Waals surface area contributed by atoms with Crippen LogP contribution in [-0.4, -0.2) is 0 Å². The highest BCUT2D eigenvalue weighted by atomic mass is 16.3. The second kappa shape index (κ2) is 10.9. The number of nitriles is 2. The maximum atomic E-state index is 10.4. The first-order valence-electron chi connectivity index (χ1n) is 15.7. The molecular formula is C44H24N2O2. The second-order valence-corrected chi connectivity index (χ2v) is 11.9. The van der Waals surface area contributed by atoms with Crippen molar-refractivity contribution >= 4 is 43.9 Å². The zero-order chi connectivity index (χ0) is 32.2. The van der Waals surface area contributed by atoms with Crippen LogP contribution in [0.3, 0.4) is 0 Å². The van der Waals surface area contributed by atoms with Crippen molar-refractivity contribution in [1.29, 1.82) is 10.5 Å². The van der Waals surface area contributed by atoms with E-state index in [1.807, 2.05) is 78.9 Å². The highest BCUT2D eigenvalue weighted by molar-refractivity contribution is 6.11. The molecule has 0 amide bonds. The Kier molecular flexibility index (Phi) is 6.22. The lowest BCUT2D eigenvalue weighted by molar-refractivity contribution is 0.668. The molecule has 4 heteroatoms. The molecule has 2 aromatic heterocycles. The van der Waals surface area contributed by atoms with Crippen molar-refractivity contribution in [2.24, 2.45) is 0 Å². The molecule has 9 rings (SSSR count). The minimum absolute atomic E-state index is 0.609. The molecular weight excluding hydrogens is 588 g/mol. The second-order valence-electron chi connectivity index (χ2n) is 11.9. The molecule has 7 aromatic carbocycles. The topological polar surface area (TPSA) is 73.9 Å². The summed E-state index contributed by atoms with van der Waals surface area (Å²) in [5.41, 5.74) is 12.1. The summed E-state index contributed by atoms with van der Waals surface area (Å²) < 4.78 is 12.9. The Balaban J connectivity index is 1.20. The highest BCUT2D eigenvalue weighted by Gasteiger charge is 2.19. The lowest BCUT2D eigenvalue weighted by Gasteiger charge is -2.14. The summed E-state index contributed by atoms with van der Waals surface area (Å²) in [5, 5.41) is 23.7. The maximum absolute atomic E-state index is 10.4. The number of benzene rings is 7. The number of hydrogen-bond donors (Lipinski definition) is 0. The van der Waals surface area contributed by atoms with E-state index in [4.69, 9.17) is 8.83 Å². The molecule has 9 aromatic rings. The molecule has 48 heavy (non-hydrogen) atoms. The van der Waals surface area contributed by atoms with Crippen LogP contribution in [0.2, 0.25) is 0 Å². The van der Waals surface area contributed by atoms with Gasteiger partial charge in [0.05, 0.1) is 17.2 Å². The summed E-state index contributed by atoms with van der Waals surface area (Å²) in [6.45, 7) is 0. The largest absolute Gasteiger partial charge is 0.456 e. The molecule has 222 valence electrons. The molecule has 0 saturated heterocycles. The fourth-order valence-corrected chi connectivity index (χ4v) is 6.84. The number of nitrogens with zero attached hydrogens (tertiary/aromatic N) is 2. The van der Waals surface area contributed by atoms with E-state index < -0.39 is 0 Å². The van der Waals surface area contributed by atoms with Crippen LogP contribution in [0.5, 0.6) is 0 Å². The van der Waals surface area contributed by atoms with Crippen molar-refractivity contribution in [2.75, 3.05) is 0 Å². The third kappa shape index (κ3) is 4.36. The van der Waals surface area contributed by atoms with Crippen LogP contribution < -0.4 is 0 Å². The van der Waals surface area contributed by atoms with Crippen molar-refractivity contribution in [3.05, 3.63) is 157 Å². The van der Waals surface area contributed by atoms with Crippen molar-refractivity contribution in [1.82, 2.24) is 0 Å². The molecule has 0 unspecified atom stereocenters. The van der Waals surface area contributed by atoms with E-state index in [1.165, 1.54) is 0 Å². The molecule has 0 aliphatic carbocycles. The Bertz CT molecular complexity index is 2730.